The molecule has 0 bridgehead atoms. The summed E-state index contributed by atoms with van der Waals surface area (Å²) < 4.78 is 37.7. The molecule has 1 heterocycles. The maximum absolute atomic E-state index is 12.6. The second-order valence-electron chi connectivity index (χ2n) is 3.95. The van der Waals surface area contributed by atoms with E-state index in [1.54, 1.807) is 23.6 Å². The van der Waals surface area contributed by atoms with Crippen LogP contribution in [0.3, 0.4) is 0 Å². The van der Waals surface area contributed by atoms with E-state index in [2.05, 4.69) is 4.98 Å². The average molecular weight is 271 g/mol. The SMILES string of the molecule is CCc1cnc(Cc2cccc(C(F)(F)F)c2)s1. The Morgan fingerprint density at radius 2 is 2.06 bits per heavy atom. The van der Waals surface area contributed by atoms with Crippen molar-refractivity contribution in [2.45, 2.75) is 25.9 Å². The largest absolute Gasteiger partial charge is 0.416 e. The average Bonchev–Trinajstić information content (AvgIpc) is 2.76. The molecule has 0 aliphatic carbocycles. The normalized spacial score (nSPS) is 11.8. The Kier molecular flexibility index (Phi) is 3.71. The van der Waals surface area contributed by atoms with E-state index in [1.165, 1.54) is 12.1 Å². The summed E-state index contributed by atoms with van der Waals surface area (Å²) >= 11 is 1.55. The van der Waals surface area contributed by atoms with Crippen molar-refractivity contribution in [2.75, 3.05) is 0 Å². The zero-order valence-electron chi connectivity index (χ0n) is 9.79. The number of thiazole rings is 1. The summed E-state index contributed by atoms with van der Waals surface area (Å²) in [6, 6.07) is 5.41. The molecule has 0 spiro atoms. The van der Waals surface area contributed by atoms with Crippen molar-refractivity contribution in [1.82, 2.24) is 4.98 Å². The van der Waals surface area contributed by atoms with Crippen molar-refractivity contribution in [1.29, 1.82) is 0 Å². The number of alkyl halides is 3. The molecule has 0 saturated heterocycles. The molecule has 0 saturated carbocycles. The number of aromatic nitrogens is 1. The third-order valence-corrected chi connectivity index (χ3v) is 3.70. The van der Waals surface area contributed by atoms with Gasteiger partial charge in [-0.2, -0.15) is 13.2 Å². The van der Waals surface area contributed by atoms with Crippen molar-refractivity contribution in [2.24, 2.45) is 0 Å². The summed E-state index contributed by atoms with van der Waals surface area (Å²) in [4.78, 5) is 5.36. The molecule has 1 nitrogen and oxygen atoms in total. The van der Waals surface area contributed by atoms with E-state index >= 15 is 0 Å². The number of hydrogen-bond donors (Lipinski definition) is 0. The Morgan fingerprint density at radius 3 is 2.67 bits per heavy atom. The molecule has 2 rings (SSSR count). The van der Waals surface area contributed by atoms with Gasteiger partial charge in [0.2, 0.25) is 0 Å². The molecule has 0 unspecified atom stereocenters. The Balaban J connectivity index is 2.19. The van der Waals surface area contributed by atoms with E-state index in [9.17, 15) is 13.2 Å². The number of nitrogens with zero attached hydrogens (tertiary/aromatic N) is 1. The van der Waals surface area contributed by atoms with Crippen molar-refractivity contribution < 1.29 is 13.2 Å². The molecule has 1 aromatic heterocycles. The molecule has 96 valence electrons. The summed E-state index contributed by atoms with van der Waals surface area (Å²) in [7, 11) is 0. The number of hydrogen-bond acceptors (Lipinski definition) is 2. The highest BCUT2D eigenvalue weighted by Gasteiger charge is 2.30. The summed E-state index contributed by atoms with van der Waals surface area (Å²) in [5.41, 5.74) is 0.0362. The van der Waals surface area contributed by atoms with Crippen molar-refractivity contribution >= 4 is 11.3 Å². The molecular formula is C13H12F3NS. The fourth-order valence-corrected chi connectivity index (χ4v) is 2.52. The summed E-state index contributed by atoms with van der Waals surface area (Å²) in [5, 5.41) is 0.853. The Hall–Kier alpha value is -1.36. The number of rotatable bonds is 3. The monoisotopic (exact) mass is 271 g/mol. The van der Waals surface area contributed by atoms with Crippen LogP contribution in [0.4, 0.5) is 13.2 Å². The van der Waals surface area contributed by atoms with Gasteiger partial charge >= 0.3 is 6.18 Å². The molecule has 0 N–H and O–H groups in total. The van der Waals surface area contributed by atoms with Gasteiger partial charge < -0.3 is 0 Å². The minimum atomic E-state index is -4.28. The van der Waals surface area contributed by atoms with Gasteiger partial charge in [0.1, 0.15) is 0 Å². The third kappa shape index (κ3) is 3.10. The van der Waals surface area contributed by atoms with Gasteiger partial charge in [0.25, 0.3) is 0 Å². The van der Waals surface area contributed by atoms with Crippen LogP contribution in [0.5, 0.6) is 0 Å². The fraction of sp³-hybridized carbons (Fsp3) is 0.308. The van der Waals surface area contributed by atoms with Crippen molar-refractivity contribution in [3.63, 3.8) is 0 Å². The highest BCUT2D eigenvalue weighted by Crippen LogP contribution is 2.30. The summed E-state index contributed by atoms with van der Waals surface area (Å²) in [5.74, 6) is 0. The first-order chi connectivity index (χ1) is 8.49. The molecule has 0 radical (unpaired) electrons. The topological polar surface area (TPSA) is 12.9 Å². The van der Waals surface area contributed by atoms with Crippen LogP contribution in [-0.2, 0) is 19.0 Å². The van der Waals surface area contributed by atoms with Crippen LogP contribution >= 0.6 is 11.3 Å². The van der Waals surface area contributed by atoms with Gasteiger partial charge in [-0.25, -0.2) is 4.98 Å². The molecule has 0 atom stereocenters. The minimum absolute atomic E-state index is 0.453. The lowest BCUT2D eigenvalue weighted by atomic mass is 10.1. The number of aryl methyl sites for hydroxylation is 1. The molecule has 0 aliphatic heterocycles. The van der Waals surface area contributed by atoms with E-state index in [-0.39, 0.29) is 0 Å². The lowest BCUT2D eigenvalue weighted by molar-refractivity contribution is -0.137. The van der Waals surface area contributed by atoms with E-state index in [1.807, 2.05) is 6.92 Å². The smallest absolute Gasteiger partial charge is 0.249 e. The zero-order valence-corrected chi connectivity index (χ0v) is 10.6. The number of halogens is 3. The highest BCUT2D eigenvalue weighted by molar-refractivity contribution is 7.11. The van der Waals surface area contributed by atoms with Crippen molar-refractivity contribution in [3.8, 4) is 0 Å². The minimum Gasteiger partial charge on any atom is -0.249 e. The fourth-order valence-electron chi connectivity index (χ4n) is 1.63. The maximum atomic E-state index is 12.6. The van der Waals surface area contributed by atoms with Crippen LogP contribution in [0.15, 0.2) is 30.5 Å². The van der Waals surface area contributed by atoms with Gasteiger partial charge in [0.05, 0.1) is 10.6 Å². The van der Waals surface area contributed by atoms with Gasteiger partial charge in [-0.3, -0.25) is 0 Å². The van der Waals surface area contributed by atoms with E-state index in [0.717, 1.165) is 22.4 Å². The lowest BCUT2D eigenvalue weighted by Gasteiger charge is -2.07. The standard InChI is InChI=1S/C13H12F3NS/c1-2-11-8-17-12(18-11)7-9-4-3-5-10(6-9)13(14,15)16/h3-6,8H,2,7H2,1H3. The quantitative estimate of drug-likeness (QED) is 0.810. The second-order valence-corrected chi connectivity index (χ2v) is 5.15. The van der Waals surface area contributed by atoms with Crippen LogP contribution in [0.2, 0.25) is 0 Å². The maximum Gasteiger partial charge on any atom is 0.416 e. The number of benzene rings is 1. The van der Waals surface area contributed by atoms with Crippen LogP contribution < -0.4 is 0 Å². The molecular weight excluding hydrogens is 259 g/mol. The molecule has 0 amide bonds. The predicted molar refractivity (Wildman–Crippen MR) is 65.7 cm³/mol. The predicted octanol–water partition coefficient (Wildman–Crippen LogP) is 4.32. The second kappa shape index (κ2) is 5.10. The molecule has 18 heavy (non-hydrogen) atoms. The summed E-state index contributed by atoms with van der Waals surface area (Å²) in [6.07, 6.45) is -1.14. The Labute approximate surface area is 107 Å². The molecule has 2 aromatic rings. The third-order valence-electron chi connectivity index (χ3n) is 2.56. The molecule has 0 fully saturated rings. The van der Waals surface area contributed by atoms with Gasteiger partial charge in [0.15, 0.2) is 0 Å². The van der Waals surface area contributed by atoms with Crippen LogP contribution in [-0.4, -0.2) is 4.98 Å². The van der Waals surface area contributed by atoms with Gasteiger partial charge in [-0.05, 0) is 18.1 Å². The van der Waals surface area contributed by atoms with Crippen LogP contribution in [0.1, 0.15) is 27.9 Å². The first-order valence-electron chi connectivity index (χ1n) is 5.58. The molecule has 1 aromatic carbocycles. The Bertz CT molecular complexity index is 531. The van der Waals surface area contributed by atoms with Gasteiger partial charge in [0, 0.05) is 17.5 Å². The highest BCUT2D eigenvalue weighted by atomic mass is 32.1. The van der Waals surface area contributed by atoms with Crippen LogP contribution in [0, 0.1) is 0 Å². The van der Waals surface area contributed by atoms with Crippen molar-refractivity contribution in [3.05, 3.63) is 51.5 Å². The lowest BCUT2D eigenvalue weighted by Crippen LogP contribution is -2.05. The van der Waals surface area contributed by atoms with Gasteiger partial charge in [-0.15, -0.1) is 11.3 Å². The first kappa shape index (κ1) is 13.1. The van der Waals surface area contributed by atoms with E-state index in [0.29, 0.717) is 12.0 Å². The van der Waals surface area contributed by atoms with E-state index in [4.69, 9.17) is 0 Å². The van der Waals surface area contributed by atoms with Crippen LogP contribution in [0.25, 0.3) is 0 Å². The molecule has 0 aliphatic rings. The molecule has 5 heteroatoms. The van der Waals surface area contributed by atoms with E-state index < -0.39 is 11.7 Å². The summed E-state index contributed by atoms with van der Waals surface area (Å²) in [6.45, 7) is 2.03. The van der Waals surface area contributed by atoms with Gasteiger partial charge in [-0.1, -0.05) is 25.1 Å². The Morgan fingerprint density at radius 1 is 1.28 bits per heavy atom. The first-order valence-corrected chi connectivity index (χ1v) is 6.40. The zero-order chi connectivity index (χ0) is 13.2.